The first-order valence-corrected chi connectivity index (χ1v) is 8.79. The Bertz CT molecular complexity index is 868. The van der Waals surface area contributed by atoms with Crippen molar-refractivity contribution in [3.8, 4) is 0 Å². The van der Waals surface area contributed by atoms with Gasteiger partial charge in [-0.1, -0.05) is 6.07 Å². The fraction of sp³-hybridized carbons (Fsp3) is 0.444. The predicted molar refractivity (Wildman–Crippen MR) is 90.6 cm³/mol. The zero-order valence-electron chi connectivity index (χ0n) is 14.1. The molecule has 8 nitrogen and oxygen atoms in total. The molecule has 1 atom stereocenters. The molecule has 0 saturated carbocycles. The fourth-order valence-corrected chi connectivity index (χ4v) is 4.40. The van der Waals surface area contributed by atoms with E-state index in [2.05, 4.69) is 15.5 Å². The molecule has 0 aromatic heterocycles. The molecular formula is C18H18N4O4. The maximum Gasteiger partial charge on any atom is 0.264 e. The van der Waals surface area contributed by atoms with E-state index in [1.807, 2.05) is 6.07 Å². The zero-order chi connectivity index (χ0) is 18.1. The number of piperidine rings is 1. The molecule has 1 aromatic carbocycles. The van der Waals surface area contributed by atoms with Crippen molar-refractivity contribution in [2.24, 2.45) is 5.41 Å². The zero-order valence-corrected chi connectivity index (χ0v) is 14.1. The summed E-state index contributed by atoms with van der Waals surface area (Å²) < 4.78 is 0. The highest BCUT2D eigenvalue weighted by Gasteiger charge is 2.51. The topological polar surface area (TPSA) is 98.8 Å². The Hall–Kier alpha value is -2.74. The number of hydrogen-bond donors (Lipinski definition) is 2. The minimum Gasteiger partial charge on any atom is -0.369 e. The largest absolute Gasteiger partial charge is 0.369 e. The molecule has 2 N–H and O–H groups in total. The summed E-state index contributed by atoms with van der Waals surface area (Å²) in [5.41, 5.74) is 1.76. The second-order valence-corrected chi connectivity index (χ2v) is 7.61. The molecule has 1 spiro atoms. The van der Waals surface area contributed by atoms with E-state index in [0.717, 1.165) is 36.8 Å². The van der Waals surface area contributed by atoms with E-state index >= 15 is 0 Å². The maximum absolute atomic E-state index is 13.0. The average molecular weight is 354 g/mol. The standard InChI is InChI=1S/C18H18N4O4/c23-13-5-4-12(15(24)20-13)22-16(25)10-2-1-3-11(14(10)17(22)26)21-8-18(9-21)6-19-7-18/h1-3,12,19H,4-9H2,(H,20,23,24). The third-order valence-corrected chi connectivity index (χ3v) is 5.84. The van der Waals surface area contributed by atoms with E-state index in [4.69, 9.17) is 0 Å². The Balaban J connectivity index is 1.46. The molecule has 8 heteroatoms. The number of nitrogens with zero attached hydrogens (tertiary/aromatic N) is 2. The number of imide groups is 2. The summed E-state index contributed by atoms with van der Waals surface area (Å²) in [4.78, 5) is 52.5. The van der Waals surface area contributed by atoms with Gasteiger partial charge < -0.3 is 10.2 Å². The Kier molecular flexibility index (Phi) is 3.06. The molecule has 0 aliphatic carbocycles. The molecule has 1 aromatic rings. The second kappa shape index (κ2) is 5.14. The lowest BCUT2D eigenvalue weighted by atomic mass is 9.74. The average Bonchev–Trinajstić information content (AvgIpc) is 2.78. The summed E-state index contributed by atoms with van der Waals surface area (Å²) in [6.07, 6.45) is 0.294. The Morgan fingerprint density at radius 1 is 1.04 bits per heavy atom. The molecule has 4 aliphatic rings. The quantitative estimate of drug-likeness (QED) is 0.695. The minimum absolute atomic E-state index is 0.123. The second-order valence-electron chi connectivity index (χ2n) is 7.61. The number of anilines is 1. The molecule has 134 valence electrons. The van der Waals surface area contributed by atoms with Gasteiger partial charge in [0.05, 0.1) is 16.8 Å². The third kappa shape index (κ3) is 1.99. The van der Waals surface area contributed by atoms with E-state index in [0.29, 0.717) is 11.1 Å². The highest BCUT2D eigenvalue weighted by molar-refractivity contribution is 6.25. The predicted octanol–water partition coefficient (Wildman–Crippen LogP) is -0.503. The number of rotatable bonds is 2. The number of carbonyl (C=O) groups excluding carboxylic acids is 4. The van der Waals surface area contributed by atoms with Crippen molar-refractivity contribution in [3.05, 3.63) is 29.3 Å². The molecular weight excluding hydrogens is 336 g/mol. The number of fused-ring (bicyclic) bond motifs is 1. The van der Waals surface area contributed by atoms with E-state index < -0.39 is 23.8 Å². The molecule has 3 fully saturated rings. The van der Waals surface area contributed by atoms with Crippen LogP contribution in [0.5, 0.6) is 0 Å². The van der Waals surface area contributed by atoms with Crippen LogP contribution in [0.25, 0.3) is 0 Å². The Labute approximate surface area is 149 Å². The first kappa shape index (κ1) is 15.5. The molecule has 4 aliphatic heterocycles. The first-order valence-electron chi connectivity index (χ1n) is 8.79. The van der Waals surface area contributed by atoms with Gasteiger partial charge in [0.2, 0.25) is 11.8 Å². The first-order chi connectivity index (χ1) is 12.5. The number of hydrogen-bond acceptors (Lipinski definition) is 6. The van der Waals surface area contributed by atoms with Crippen molar-refractivity contribution >= 4 is 29.3 Å². The van der Waals surface area contributed by atoms with Crippen LogP contribution < -0.4 is 15.5 Å². The van der Waals surface area contributed by atoms with Crippen LogP contribution in [-0.2, 0) is 9.59 Å². The van der Waals surface area contributed by atoms with Gasteiger partial charge in [-0.2, -0.15) is 0 Å². The van der Waals surface area contributed by atoms with Gasteiger partial charge in [-0.05, 0) is 18.6 Å². The molecule has 5 rings (SSSR count). The van der Waals surface area contributed by atoms with Crippen molar-refractivity contribution in [1.82, 2.24) is 15.5 Å². The van der Waals surface area contributed by atoms with E-state index in [1.54, 1.807) is 12.1 Å². The lowest BCUT2D eigenvalue weighted by Crippen LogP contribution is -2.71. The Morgan fingerprint density at radius 2 is 1.81 bits per heavy atom. The van der Waals surface area contributed by atoms with E-state index in [1.165, 1.54) is 0 Å². The van der Waals surface area contributed by atoms with Gasteiger partial charge in [0.15, 0.2) is 0 Å². The van der Waals surface area contributed by atoms with Crippen molar-refractivity contribution in [1.29, 1.82) is 0 Å². The van der Waals surface area contributed by atoms with E-state index in [-0.39, 0.29) is 24.2 Å². The van der Waals surface area contributed by atoms with Crippen LogP contribution >= 0.6 is 0 Å². The van der Waals surface area contributed by atoms with Gasteiger partial charge in [0.25, 0.3) is 11.8 Å². The normalized spacial score (nSPS) is 26.5. The summed E-state index contributed by atoms with van der Waals surface area (Å²) in [6, 6.07) is 4.34. The van der Waals surface area contributed by atoms with Gasteiger partial charge in [-0.3, -0.25) is 29.4 Å². The maximum atomic E-state index is 13.0. The number of carbonyl (C=O) groups is 4. The van der Waals surface area contributed by atoms with Gasteiger partial charge in [0.1, 0.15) is 6.04 Å². The summed E-state index contributed by atoms with van der Waals surface area (Å²) in [6.45, 7) is 3.67. The van der Waals surface area contributed by atoms with Crippen molar-refractivity contribution in [2.45, 2.75) is 18.9 Å². The molecule has 3 saturated heterocycles. The lowest BCUT2D eigenvalue weighted by Gasteiger charge is -2.57. The number of nitrogens with one attached hydrogen (secondary N) is 2. The summed E-state index contributed by atoms with van der Waals surface area (Å²) in [5.74, 6) is -1.85. The molecule has 26 heavy (non-hydrogen) atoms. The SMILES string of the molecule is O=C1CCC(N2C(=O)c3cccc(N4CC5(CNC5)C4)c3C2=O)C(=O)N1. The molecule has 0 radical (unpaired) electrons. The molecule has 1 unspecified atom stereocenters. The third-order valence-electron chi connectivity index (χ3n) is 5.84. The smallest absolute Gasteiger partial charge is 0.264 e. The fourth-order valence-electron chi connectivity index (χ4n) is 4.40. The van der Waals surface area contributed by atoms with Crippen molar-refractivity contribution in [2.75, 3.05) is 31.1 Å². The van der Waals surface area contributed by atoms with Gasteiger partial charge in [-0.25, -0.2) is 0 Å². The van der Waals surface area contributed by atoms with Gasteiger partial charge in [-0.15, -0.1) is 0 Å². The van der Waals surface area contributed by atoms with Crippen LogP contribution in [-0.4, -0.2) is 60.7 Å². The van der Waals surface area contributed by atoms with E-state index in [9.17, 15) is 19.2 Å². The van der Waals surface area contributed by atoms with Crippen molar-refractivity contribution < 1.29 is 19.2 Å². The number of amides is 4. The minimum atomic E-state index is -0.925. The van der Waals surface area contributed by atoms with Gasteiger partial charge in [0, 0.05) is 38.0 Å². The molecule has 0 bridgehead atoms. The highest BCUT2D eigenvalue weighted by Crippen LogP contribution is 2.41. The van der Waals surface area contributed by atoms with Crippen LogP contribution in [0.3, 0.4) is 0 Å². The lowest BCUT2D eigenvalue weighted by molar-refractivity contribution is -0.136. The highest BCUT2D eigenvalue weighted by atomic mass is 16.2. The monoisotopic (exact) mass is 354 g/mol. The van der Waals surface area contributed by atoms with Crippen LogP contribution in [0.4, 0.5) is 5.69 Å². The van der Waals surface area contributed by atoms with Gasteiger partial charge >= 0.3 is 0 Å². The van der Waals surface area contributed by atoms with Crippen LogP contribution in [0.2, 0.25) is 0 Å². The summed E-state index contributed by atoms with van der Waals surface area (Å²) in [7, 11) is 0. The van der Waals surface area contributed by atoms with Crippen LogP contribution in [0.15, 0.2) is 18.2 Å². The van der Waals surface area contributed by atoms with Crippen molar-refractivity contribution in [3.63, 3.8) is 0 Å². The van der Waals surface area contributed by atoms with Crippen LogP contribution in [0.1, 0.15) is 33.6 Å². The summed E-state index contributed by atoms with van der Waals surface area (Å²) in [5, 5.41) is 5.49. The number of benzene rings is 1. The Morgan fingerprint density at radius 3 is 2.46 bits per heavy atom. The molecule has 4 amide bonds. The molecule has 4 heterocycles. The summed E-state index contributed by atoms with van der Waals surface area (Å²) >= 11 is 0. The van der Waals surface area contributed by atoms with Crippen LogP contribution in [0, 0.1) is 5.41 Å².